The van der Waals surface area contributed by atoms with Crippen LogP contribution >= 0.6 is 0 Å². The van der Waals surface area contributed by atoms with Crippen LogP contribution in [-0.4, -0.2) is 49.5 Å². The molecule has 0 spiro atoms. The number of aliphatic hydroxyl groups is 1. The minimum absolute atomic E-state index is 0.336. The molecule has 0 bridgehead atoms. The van der Waals surface area contributed by atoms with Gasteiger partial charge in [-0.2, -0.15) is 0 Å². The summed E-state index contributed by atoms with van der Waals surface area (Å²) in [6, 6.07) is 7.41. The maximum absolute atomic E-state index is 9.97. The van der Waals surface area contributed by atoms with Gasteiger partial charge in [-0.05, 0) is 50.2 Å². The Kier molecular flexibility index (Phi) is 5.48. The topological polar surface area (TPSA) is 41.9 Å². The Balaban J connectivity index is 1.71. The molecule has 0 radical (unpaired) electrons. The third-order valence-corrected chi connectivity index (χ3v) is 3.42. The van der Waals surface area contributed by atoms with Crippen LogP contribution in [0.3, 0.4) is 0 Å². The highest BCUT2D eigenvalue weighted by Gasteiger charge is 2.14. The summed E-state index contributed by atoms with van der Waals surface area (Å²) in [5.41, 5.74) is 0. The van der Waals surface area contributed by atoms with E-state index in [9.17, 15) is 5.11 Å². The Morgan fingerprint density at radius 1 is 1.11 bits per heavy atom. The molecule has 0 aliphatic carbocycles. The number of hydrogen-bond donors (Lipinski definition) is 1. The van der Waals surface area contributed by atoms with Crippen LogP contribution in [0.2, 0.25) is 0 Å². The minimum atomic E-state index is -0.430. The second-order valence-corrected chi connectivity index (χ2v) is 5.00. The van der Waals surface area contributed by atoms with Crippen molar-refractivity contribution in [2.24, 2.45) is 0 Å². The monoisotopic (exact) mass is 265 g/mol. The van der Waals surface area contributed by atoms with Gasteiger partial charge in [-0.25, -0.2) is 0 Å². The van der Waals surface area contributed by atoms with Crippen molar-refractivity contribution in [2.75, 3.05) is 33.4 Å². The summed E-state index contributed by atoms with van der Waals surface area (Å²) in [4.78, 5) is 2.31. The highest BCUT2D eigenvalue weighted by molar-refractivity contribution is 5.31. The first kappa shape index (κ1) is 14.2. The van der Waals surface area contributed by atoms with Crippen LogP contribution in [-0.2, 0) is 0 Å². The SMILES string of the molecule is COc1ccc(OC[C@@H](O)CN2CCCCC2)cc1. The molecule has 4 heteroatoms. The summed E-state index contributed by atoms with van der Waals surface area (Å²) in [5.74, 6) is 1.57. The van der Waals surface area contributed by atoms with E-state index in [0.29, 0.717) is 13.2 Å². The van der Waals surface area contributed by atoms with Gasteiger partial charge >= 0.3 is 0 Å². The molecule has 1 aliphatic heterocycles. The van der Waals surface area contributed by atoms with Gasteiger partial charge in [-0.3, -0.25) is 0 Å². The van der Waals surface area contributed by atoms with Crippen LogP contribution in [0, 0.1) is 0 Å². The number of nitrogens with zero attached hydrogens (tertiary/aromatic N) is 1. The molecule has 0 amide bonds. The second-order valence-electron chi connectivity index (χ2n) is 5.00. The minimum Gasteiger partial charge on any atom is -0.497 e. The summed E-state index contributed by atoms with van der Waals surface area (Å²) in [6.07, 6.45) is 3.37. The quantitative estimate of drug-likeness (QED) is 0.853. The molecule has 1 aliphatic rings. The zero-order valence-corrected chi connectivity index (χ0v) is 11.5. The molecule has 106 valence electrons. The Hall–Kier alpha value is -1.26. The predicted octanol–water partition coefficient (Wildman–Crippen LogP) is 1.92. The van der Waals surface area contributed by atoms with Crippen LogP contribution < -0.4 is 9.47 Å². The Morgan fingerprint density at radius 3 is 2.37 bits per heavy atom. The highest BCUT2D eigenvalue weighted by atomic mass is 16.5. The molecule has 1 N–H and O–H groups in total. The molecule has 4 nitrogen and oxygen atoms in total. The molecular formula is C15H23NO3. The lowest BCUT2D eigenvalue weighted by Crippen LogP contribution is -2.38. The van der Waals surface area contributed by atoms with Crippen molar-refractivity contribution in [3.63, 3.8) is 0 Å². The van der Waals surface area contributed by atoms with Gasteiger partial charge in [0.25, 0.3) is 0 Å². The van der Waals surface area contributed by atoms with Crippen molar-refractivity contribution >= 4 is 0 Å². The van der Waals surface area contributed by atoms with Gasteiger partial charge in [0, 0.05) is 6.54 Å². The van der Waals surface area contributed by atoms with Crippen LogP contribution in [0.15, 0.2) is 24.3 Å². The molecule has 0 aromatic heterocycles. The highest BCUT2D eigenvalue weighted by Crippen LogP contribution is 2.17. The maximum Gasteiger partial charge on any atom is 0.119 e. The van der Waals surface area contributed by atoms with Gasteiger partial charge < -0.3 is 19.5 Å². The van der Waals surface area contributed by atoms with Gasteiger partial charge in [0.2, 0.25) is 0 Å². The number of ether oxygens (including phenoxy) is 2. The maximum atomic E-state index is 9.97. The first-order valence-electron chi connectivity index (χ1n) is 6.95. The van der Waals surface area contributed by atoms with Gasteiger partial charge in [0.15, 0.2) is 0 Å². The molecule has 0 unspecified atom stereocenters. The number of benzene rings is 1. The van der Waals surface area contributed by atoms with E-state index in [1.807, 2.05) is 24.3 Å². The number of rotatable bonds is 6. The van der Waals surface area contributed by atoms with Gasteiger partial charge in [0.05, 0.1) is 7.11 Å². The number of hydrogen-bond acceptors (Lipinski definition) is 4. The first-order valence-corrected chi connectivity index (χ1v) is 6.95. The van der Waals surface area contributed by atoms with Crippen LogP contribution in [0.5, 0.6) is 11.5 Å². The van der Waals surface area contributed by atoms with E-state index >= 15 is 0 Å². The van der Waals surface area contributed by atoms with Crippen molar-refractivity contribution in [1.82, 2.24) is 4.90 Å². The summed E-state index contributed by atoms with van der Waals surface area (Å²) in [6.45, 7) is 3.23. The summed E-state index contributed by atoms with van der Waals surface area (Å²) >= 11 is 0. The largest absolute Gasteiger partial charge is 0.497 e. The number of β-amino-alcohol motifs (C(OH)–C–C–N with tert-alkyl or cyclic N) is 1. The van der Waals surface area contributed by atoms with Crippen molar-refractivity contribution in [3.05, 3.63) is 24.3 Å². The molecule has 19 heavy (non-hydrogen) atoms. The van der Waals surface area contributed by atoms with Crippen molar-refractivity contribution in [1.29, 1.82) is 0 Å². The van der Waals surface area contributed by atoms with Gasteiger partial charge in [-0.15, -0.1) is 0 Å². The average Bonchev–Trinajstić information content (AvgIpc) is 2.47. The molecular weight excluding hydrogens is 242 g/mol. The van der Waals surface area contributed by atoms with E-state index in [2.05, 4.69) is 4.90 Å². The van der Waals surface area contributed by atoms with Crippen molar-refractivity contribution in [2.45, 2.75) is 25.4 Å². The molecule has 1 aromatic rings. The number of piperidine rings is 1. The zero-order valence-electron chi connectivity index (χ0n) is 11.5. The van der Waals surface area contributed by atoms with Gasteiger partial charge in [-0.1, -0.05) is 6.42 Å². The molecule has 1 saturated heterocycles. The second kappa shape index (κ2) is 7.36. The molecule has 2 rings (SSSR count). The smallest absolute Gasteiger partial charge is 0.119 e. The number of aliphatic hydroxyl groups excluding tert-OH is 1. The Morgan fingerprint density at radius 2 is 1.74 bits per heavy atom. The molecule has 1 fully saturated rings. The lowest BCUT2D eigenvalue weighted by molar-refractivity contribution is 0.0617. The molecule has 0 saturated carbocycles. The average molecular weight is 265 g/mol. The van der Waals surface area contributed by atoms with E-state index in [1.54, 1.807) is 7.11 Å². The van der Waals surface area contributed by atoms with Gasteiger partial charge in [0.1, 0.15) is 24.2 Å². The molecule has 1 heterocycles. The molecule has 1 atom stereocenters. The first-order chi connectivity index (χ1) is 9.28. The van der Waals surface area contributed by atoms with E-state index in [0.717, 1.165) is 24.6 Å². The third-order valence-electron chi connectivity index (χ3n) is 3.42. The standard InChI is InChI=1S/C15H23NO3/c1-18-14-5-7-15(8-6-14)19-12-13(17)11-16-9-3-2-4-10-16/h5-8,13,17H,2-4,9-12H2,1H3/t13-/m0/s1. The van der Waals surface area contributed by atoms with Crippen LogP contribution in [0.1, 0.15) is 19.3 Å². The lowest BCUT2D eigenvalue weighted by Gasteiger charge is -2.28. The fourth-order valence-corrected chi connectivity index (χ4v) is 2.36. The Labute approximate surface area is 114 Å². The normalized spacial score (nSPS) is 18.0. The van der Waals surface area contributed by atoms with Crippen molar-refractivity contribution in [3.8, 4) is 11.5 Å². The summed E-state index contributed by atoms with van der Waals surface area (Å²) in [5, 5.41) is 9.97. The van der Waals surface area contributed by atoms with E-state index < -0.39 is 6.10 Å². The Bertz CT molecular complexity index is 360. The van der Waals surface area contributed by atoms with Crippen LogP contribution in [0.25, 0.3) is 0 Å². The number of likely N-dealkylation sites (tertiary alicyclic amines) is 1. The lowest BCUT2D eigenvalue weighted by atomic mass is 10.1. The van der Waals surface area contributed by atoms with E-state index in [1.165, 1.54) is 19.3 Å². The number of methoxy groups -OCH3 is 1. The fraction of sp³-hybridized carbons (Fsp3) is 0.600. The zero-order chi connectivity index (χ0) is 13.5. The summed E-state index contributed by atoms with van der Waals surface area (Å²) < 4.78 is 10.7. The van der Waals surface area contributed by atoms with Crippen molar-refractivity contribution < 1.29 is 14.6 Å². The van der Waals surface area contributed by atoms with Crippen LogP contribution in [0.4, 0.5) is 0 Å². The van der Waals surface area contributed by atoms with E-state index in [-0.39, 0.29) is 0 Å². The fourth-order valence-electron chi connectivity index (χ4n) is 2.36. The van der Waals surface area contributed by atoms with E-state index in [4.69, 9.17) is 9.47 Å². The third kappa shape index (κ3) is 4.73. The molecule has 1 aromatic carbocycles. The predicted molar refractivity (Wildman–Crippen MR) is 74.8 cm³/mol. The summed E-state index contributed by atoms with van der Waals surface area (Å²) in [7, 11) is 1.64.